The van der Waals surface area contributed by atoms with Crippen LogP contribution in [0, 0.1) is 40.9 Å². The molecule has 4 saturated carbocycles. The van der Waals surface area contributed by atoms with Gasteiger partial charge in [0.2, 0.25) is 0 Å². The minimum atomic E-state index is -0.139. The van der Waals surface area contributed by atoms with Crippen molar-refractivity contribution < 1.29 is 0 Å². The van der Waals surface area contributed by atoms with E-state index in [1.54, 1.807) is 11.8 Å². The van der Waals surface area contributed by atoms with E-state index in [0.717, 1.165) is 36.0 Å². The Bertz CT molecular complexity index is 317. The monoisotopic (exact) mass is 249 g/mol. The SMILES string of the molecule is CSC(C)(C#N)CC1C2CC3CC(C2)CC1C3. The second kappa shape index (κ2) is 4.19. The van der Waals surface area contributed by atoms with Gasteiger partial charge in [0, 0.05) is 0 Å². The van der Waals surface area contributed by atoms with Crippen molar-refractivity contribution in [3.63, 3.8) is 0 Å². The highest BCUT2D eigenvalue weighted by molar-refractivity contribution is 8.00. The van der Waals surface area contributed by atoms with E-state index in [1.165, 1.54) is 32.1 Å². The molecule has 2 heteroatoms. The largest absolute Gasteiger partial charge is 0.197 e. The second-order valence-corrected chi connectivity index (χ2v) is 8.15. The Kier molecular flexibility index (Phi) is 2.94. The fraction of sp³-hybridized carbons (Fsp3) is 0.933. The molecular formula is C15H23NS. The van der Waals surface area contributed by atoms with E-state index in [9.17, 15) is 5.26 Å². The van der Waals surface area contributed by atoms with Crippen molar-refractivity contribution in [2.24, 2.45) is 29.6 Å². The number of nitrogens with zero attached hydrogens (tertiary/aromatic N) is 1. The first-order valence-electron chi connectivity index (χ1n) is 7.10. The van der Waals surface area contributed by atoms with Gasteiger partial charge >= 0.3 is 0 Å². The Labute approximate surface area is 109 Å². The van der Waals surface area contributed by atoms with Gasteiger partial charge in [-0.05, 0) is 81.3 Å². The number of thioether (sulfide) groups is 1. The first-order valence-corrected chi connectivity index (χ1v) is 8.32. The van der Waals surface area contributed by atoms with Gasteiger partial charge in [0.05, 0.1) is 10.8 Å². The van der Waals surface area contributed by atoms with Gasteiger partial charge in [0.1, 0.15) is 0 Å². The van der Waals surface area contributed by atoms with Crippen molar-refractivity contribution in [3.8, 4) is 6.07 Å². The molecule has 0 saturated heterocycles. The Morgan fingerprint density at radius 3 is 2.06 bits per heavy atom. The molecule has 94 valence electrons. The van der Waals surface area contributed by atoms with Crippen molar-refractivity contribution in [2.45, 2.75) is 50.2 Å². The van der Waals surface area contributed by atoms with Crippen LogP contribution in [-0.2, 0) is 0 Å². The lowest BCUT2D eigenvalue weighted by atomic mass is 9.51. The summed E-state index contributed by atoms with van der Waals surface area (Å²) in [6, 6.07) is 2.55. The van der Waals surface area contributed by atoms with E-state index in [0.29, 0.717) is 0 Å². The topological polar surface area (TPSA) is 23.8 Å². The van der Waals surface area contributed by atoms with E-state index in [2.05, 4.69) is 19.2 Å². The Hall–Kier alpha value is -0.160. The molecular weight excluding hydrogens is 226 g/mol. The van der Waals surface area contributed by atoms with Crippen LogP contribution >= 0.6 is 11.8 Å². The van der Waals surface area contributed by atoms with Gasteiger partial charge < -0.3 is 0 Å². The maximum atomic E-state index is 9.37. The summed E-state index contributed by atoms with van der Waals surface area (Å²) in [5.74, 6) is 4.89. The molecule has 0 heterocycles. The highest BCUT2D eigenvalue weighted by Crippen LogP contribution is 2.58. The smallest absolute Gasteiger partial charge is 0.0995 e. The first-order chi connectivity index (χ1) is 8.13. The predicted octanol–water partition coefficient (Wildman–Crippen LogP) is 4.09. The Balaban J connectivity index is 1.74. The molecule has 0 aromatic heterocycles. The van der Waals surface area contributed by atoms with Crippen molar-refractivity contribution in [2.75, 3.05) is 6.26 Å². The van der Waals surface area contributed by atoms with E-state index < -0.39 is 0 Å². The lowest BCUT2D eigenvalue weighted by Crippen LogP contribution is -2.46. The lowest BCUT2D eigenvalue weighted by Gasteiger charge is -2.55. The third kappa shape index (κ3) is 2.01. The highest BCUT2D eigenvalue weighted by Gasteiger charge is 2.49. The summed E-state index contributed by atoms with van der Waals surface area (Å²) in [6.45, 7) is 2.14. The van der Waals surface area contributed by atoms with Crippen molar-refractivity contribution in [1.29, 1.82) is 5.26 Å². The van der Waals surface area contributed by atoms with Crippen LogP contribution in [0.2, 0.25) is 0 Å². The molecule has 0 spiro atoms. The molecule has 0 amide bonds. The standard InChI is InChI=1S/C15H23NS/c1-15(9-16,17-2)8-14-12-4-10-3-11(6-12)7-13(14)5-10/h10-14H,3-8H2,1-2H3. The van der Waals surface area contributed by atoms with Gasteiger partial charge in [0.25, 0.3) is 0 Å². The number of hydrogen-bond acceptors (Lipinski definition) is 2. The Morgan fingerprint density at radius 2 is 1.65 bits per heavy atom. The summed E-state index contributed by atoms with van der Waals surface area (Å²) in [6.07, 6.45) is 10.7. The quantitative estimate of drug-likeness (QED) is 0.752. The van der Waals surface area contributed by atoms with Crippen LogP contribution in [0.5, 0.6) is 0 Å². The van der Waals surface area contributed by atoms with Crippen molar-refractivity contribution in [1.82, 2.24) is 0 Å². The van der Waals surface area contributed by atoms with Crippen molar-refractivity contribution >= 4 is 11.8 Å². The first kappa shape index (κ1) is 11.9. The molecule has 4 bridgehead atoms. The molecule has 4 rings (SSSR count). The lowest BCUT2D eigenvalue weighted by molar-refractivity contribution is -0.0411. The molecule has 0 aromatic carbocycles. The molecule has 1 nitrogen and oxygen atoms in total. The fourth-order valence-corrected chi connectivity index (χ4v) is 5.45. The van der Waals surface area contributed by atoms with Gasteiger partial charge in [-0.25, -0.2) is 0 Å². The number of rotatable bonds is 3. The summed E-state index contributed by atoms with van der Waals surface area (Å²) in [5.41, 5.74) is 0. The third-order valence-electron chi connectivity index (χ3n) is 5.73. The Morgan fingerprint density at radius 1 is 1.12 bits per heavy atom. The van der Waals surface area contributed by atoms with E-state index in [1.807, 2.05) is 0 Å². The minimum Gasteiger partial charge on any atom is -0.197 e. The third-order valence-corrected chi connectivity index (χ3v) is 6.89. The van der Waals surface area contributed by atoms with Gasteiger partial charge in [-0.15, -0.1) is 11.8 Å². The zero-order valence-electron chi connectivity index (χ0n) is 11.0. The summed E-state index contributed by atoms with van der Waals surface area (Å²) in [7, 11) is 0. The summed E-state index contributed by atoms with van der Waals surface area (Å²) in [4.78, 5) is 0. The van der Waals surface area contributed by atoms with Crippen LogP contribution in [0.25, 0.3) is 0 Å². The molecule has 0 N–H and O–H groups in total. The highest BCUT2D eigenvalue weighted by atomic mass is 32.2. The van der Waals surface area contributed by atoms with E-state index in [-0.39, 0.29) is 4.75 Å². The summed E-state index contributed by atoms with van der Waals surface area (Å²) < 4.78 is -0.139. The van der Waals surface area contributed by atoms with E-state index >= 15 is 0 Å². The van der Waals surface area contributed by atoms with Crippen LogP contribution in [0.15, 0.2) is 0 Å². The van der Waals surface area contributed by atoms with Crippen LogP contribution in [0.4, 0.5) is 0 Å². The maximum Gasteiger partial charge on any atom is 0.0995 e. The minimum absolute atomic E-state index is 0.139. The van der Waals surface area contributed by atoms with Crippen LogP contribution in [0.3, 0.4) is 0 Å². The summed E-state index contributed by atoms with van der Waals surface area (Å²) >= 11 is 1.76. The second-order valence-electron chi connectivity index (χ2n) is 6.85. The molecule has 0 radical (unpaired) electrons. The zero-order valence-corrected chi connectivity index (χ0v) is 11.8. The van der Waals surface area contributed by atoms with Gasteiger partial charge in [-0.3, -0.25) is 0 Å². The van der Waals surface area contributed by atoms with Crippen LogP contribution < -0.4 is 0 Å². The molecule has 4 aliphatic rings. The molecule has 17 heavy (non-hydrogen) atoms. The molecule has 1 atom stereocenters. The zero-order chi connectivity index (χ0) is 12.0. The van der Waals surface area contributed by atoms with Crippen LogP contribution in [0.1, 0.15) is 45.4 Å². The van der Waals surface area contributed by atoms with Gasteiger partial charge in [-0.2, -0.15) is 5.26 Å². The molecule has 0 aromatic rings. The van der Waals surface area contributed by atoms with Crippen molar-refractivity contribution in [3.05, 3.63) is 0 Å². The molecule has 1 unspecified atom stereocenters. The average molecular weight is 249 g/mol. The average Bonchev–Trinajstić information content (AvgIpc) is 2.33. The maximum absolute atomic E-state index is 9.37. The van der Waals surface area contributed by atoms with E-state index in [4.69, 9.17) is 0 Å². The summed E-state index contributed by atoms with van der Waals surface area (Å²) in [5, 5.41) is 9.37. The molecule has 4 fully saturated rings. The van der Waals surface area contributed by atoms with Gasteiger partial charge in [-0.1, -0.05) is 0 Å². The molecule has 4 aliphatic carbocycles. The molecule has 0 aliphatic heterocycles. The van der Waals surface area contributed by atoms with Gasteiger partial charge in [0.15, 0.2) is 0 Å². The fourth-order valence-electron chi connectivity index (χ4n) is 5.00. The van der Waals surface area contributed by atoms with Crippen LogP contribution in [-0.4, -0.2) is 11.0 Å². The normalized spacial score (nSPS) is 46.5. The predicted molar refractivity (Wildman–Crippen MR) is 72.7 cm³/mol. The number of hydrogen-bond donors (Lipinski definition) is 0. The number of nitriles is 1.